The maximum Gasteiger partial charge on any atom is 0.491 e. The lowest BCUT2D eigenvalue weighted by molar-refractivity contribution is 0.0513. The van der Waals surface area contributed by atoms with Crippen LogP contribution in [0.25, 0.3) is 0 Å². The quantitative estimate of drug-likeness (QED) is 0.449. The van der Waals surface area contributed by atoms with Crippen LogP contribution in [0.5, 0.6) is 0 Å². The van der Waals surface area contributed by atoms with Crippen LogP contribution in [-0.4, -0.2) is 24.7 Å². The number of hydrogen-bond acceptors (Lipinski definition) is 5. The molecule has 1 aliphatic rings. The molecule has 1 aromatic rings. The molecular weight excluding hydrogens is 221 g/mol. The molecule has 0 radical (unpaired) electrons. The van der Waals surface area contributed by atoms with Gasteiger partial charge in [-0.25, -0.2) is 4.79 Å². The van der Waals surface area contributed by atoms with Gasteiger partial charge in [0.05, 0.1) is 24.7 Å². The van der Waals surface area contributed by atoms with Crippen LogP contribution in [0.15, 0.2) is 18.2 Å². The number of fused-ring (bicyclic) bond motifs is 1. The van der Waals surface area contributed by atoms with E-state index >= 15 is 0 Å². The first-order chi connectivity index (χ1) is 8.22. The average molecular weight is 231 g/mol. The number of nitrogens with zero attached hydrogens (tertiary/aromatic N) is 1. The molecular formula is C11H10BNO4. The van der Waals surface area contributed by atoms with Gasteiger partial charge in [0, 0.05) is 0 Å². The number of ether oxygens (including phenoxy) is 1. The minimum absolute atomic E-state index is 0.0749. The number of esters is 1. The van der Waals surface area contributed by atoms with Crippen LogP contribution in [-0.2, 0) is 16.0 Å². The molecule has 0 bridgehead atoms. The zero-order valence-electron chi connectivity index (χ0n) is 9.05. The van der Waals surface area contributed by atoms with E-state index in [-0.39, 0.29) is 13.0 Å². The number of benzene rings is 1. The first-order valence-corrected chi connectivity index (χ1v) is 5.19. The molecule has 0 saturated heterocycles. The topological polar surface area (TPSA) is 79.5 Å². The lowest BCUT2D eigenvalue weighted by Crippen LogP contribution is -2.28. The number of hydrogen-bond donors (Lipinski definition) is 1. The fraction of sp³-hybridized carbons (Fsp3) is 0.273. The lowest BCUT2D eigenvalue weighted by atomic mass is 9.79. The van der Waals surface area contributed by atoms with E-state index in [0.717, 1.165) is 5.56 Å². The van der Waals surface area contributed by atoms with Crippen LogP contribution in [0.2, 0.25) is 0 Å². The highest BCUT2D eigenvalue weighted by atomic mass is 16.5. The first kappa shape index (κ1) is 11.6. The zero-order chi connectivity index (χ0) is 12.3. The molecule has 5 nitrogen and oxygen atoms in total. The molecule has 0 spiro atoms. The Bertz CT molecular complexity index is 483. The summed E-state index contributed by atoms with van der Waals surface area (Å²) < 4.78 is 9.90. The van der Waals surface area contributed by atoms with Crippen molar-refractivity contribution in [2.75, 3.05) is 6.61 Å². The van der Waals surface area contributed by atoms with Crippen LogP contribution < -0.4 is 5.46 Å². The summed E-state index contributed by atoms with van der Waals surface area (Å²) in [6.45, 7) is 0.422. The Labute approximate surface area is 98.7 Å². The van der Waals surface area contributed by atoms with E-state index in [1.54, 1.807) is 18.2 Å². The molecule has 2 rings (SSSR count). The summed E-state index contributed by atoms with van der Waals surface area (Å²) in [6, 6.07) is 6.79. The first-order valence-electron chi connectivity index (χ1n) is 5.19. The maximum atomic E-state index is 11.6. The van der Waals surface area contributed by atoms with E-state index < -0.39 is 13.1 Å². The molecule has 17 heavy (non-hydrogen) atoms. The van der Waals surface area contributed by atoms with Crippen molar-refractivity contribution in [1.29, 1.82) is 5.26 Å². The van der Waals surface area contributed by atoms with Gasteiger partial charge in [-0.15, -0.1) is 0 Å². The van der Waals surface area contributed by atoms with Crippen molar-refractivity contribution >= 4 is 18.6 Å². The van der Waals surface area contributed by atoms with E-state index in [1.807, 2.05) is 6.07 Å². The van der Waals surface area contributed by atoms with Crippen LogP contribution >= 0.6 is 0 Å². The normalized spacial score (nSPS) is 13.1. The largest absolute Gasteiger partial charge is 0.491 e. The zero-order valence-corrected chi connectivity index (χ0v) is 9.05. The SMILES string of the molecule is N#CCCOC(=O)c1ccc2c(c1)B(O)OC2. The second kappa shape index (κ2) is 5.00. The molecule has 6 heteroatoms. The molecule has 0 atom stereocenters. The van der Waals surface area contributed by atoms with Crippen molar-refractivity contribution in [3.8, 4) is 6.07 Å². The summed E-state index contributed by atoms with van der Waals surface area (Å²) in [5, 5.41) is 17.8. The smallest absolute Gasteiger partial charge is 0.461 e. The fourth-order valence-corrected chi connectivity index (χ4v) is 1.61. The molecule has 86 valence electrons. The van der Waals surface area contributed by atoms with Crippen LogP contribution in [0.4, 0.5) is 0 Å². The highest BCUT2D eigenvalue weighted by molar-refractivity contribution is 6.61. The molecule has 0 saturated carbocycles. The van der Waals surface area contributed by atoms with Gasteiger partial charge >= 0.3 is 13.1 Å². The minimum atomic E-state index is -0.975. The molecule has 1 aliphatic heterocycles. The summed E-state index contributed by atoms with van der Waals surface area (Å²) in [4.78, 5) is 11.6. The van der Waals surface area contributed by atoms with Crippen molar-refractivity contribution in [2.45, 2.75) is 13.0 Å². The van der Waals surface area contributed by atoms with Crippen molar-refractivity contribution in [3.63, 3.8) is 0 Å². The third-order valence-corrected chi connectivity index (χ3v) is 2.49. The van der Waals surface area contributed by atoms with E-state index in [0.29, 0.717) is 17.6 Å². The van der Waals surface area contributed by atoms with Gasteiger partial charge in [0.25, 0.3) is 0 Å². The number of carbonyl (C=O) groups is 1. The van der Waals surface area contributed by atoms with Crippen molar-refractivity contribution < 1.29 is 19.2 Å². The van der Waals surface area contributed by atoms with Crippen molar-refractivity contribution in [3.05, 3.63) is 29.3 Å². The van der Waals surface area contributed by atoms with E-state index in [4.69, 9.17) is 14.7 Å². The third kappa shape index (κ3) is 2.46. The Morgan fingerprint density at radius 2 is 2.47 bits per heavy atom. The van der Waals surface area contributed by atoms with Crippen LogP contribution in [0, 0.1) is 11.3 Å². The average Bonchev–Trinajstić information content (AvgIpc) is 2.71. The molecule has 0 aliphatic carbocycles. The third-order valence-electron chi connectivity index (χ3n) is 2.49. The van der Waals surface area contributed by atoms with Gasteiger partial charge in [0.1, 0.15) is 6.61 Å². The fourth-order valence-electron chi connectivity index (χ4n) is 1.61. The van der Waals surface area contributed by atoms with Crippen molar-refractivity contribution in [2.24, 2.45) is 0 Å². The van der Waals surface area contributed by atoms with Gasteiger partial charge in [-0.3, -0.25) is 0 Å². The predicted molar refractivity (Wildman–Crippen MR) is 59.4 cm³/mol. The van der Waals surface area contributed by atoms with Crippen molar-refractivity contribution in [1.82, 2.24) is 0 Å². The molecule has 0 amide bonds. The Kier molecular flexibility index (Phi) is 3.42. The Morgan fingerprint density at radius 1 is 1.65 bits per heavy atom. The van der Waals surface area contributed by atoms with Gasteiger partial charge < -0.3 is 14.4 Å². The number of rotatable bonds is 3. The lowest BCUT2D eigenvalue weighted by Gasteiger charge is -2.04. The molecule has 1 heterocycles. The Hall–Kier alpha value is -1.84. The summed E-state index contributed by atoms with van der Waals surface area (Å²) in [7, 11) is -0.975. The van der Waals surface area contributed by atoms with Gasteiger partial charge in [0.15, 0.2) is 0 Å². The summed E-state index contributed by atoms with van der Waals surface area (Å²) in [5.74, 6) is -0.498. The van der Waals surface area contributed by atoms with Crippen LogP contribution in [0.1, 0.15) is 22.3 Å². The molecule has 0 aromatic heterocycles. The molecule has 1 N–H and O–H groups in total. The minimum Gasteiger partial charge on any atom is -0.461 e. The van der Waals surface area contributed by atoms with Gasteiger partial charge in [-0.2, -0.15) is 5.26 Å². The second-order valence-corrected chi connectivity index (χ2v) is 3.62. The van der Waals surface area contributed by atoms with Gasteiger partial charge in [-0.1, -0.05) is 6.07 Å². The van der Waals surface area contributed by atoms with E-state index in [9.17, 15) is 9.82 Å². The summed E-state index contributed by atoms with van der Waals surface area (Å²) in [6.07, 6.45) is 0.169. The van der Waals surface area contributed by atoms with E-state index in [1.165, 1.54) is 0 Å². The molecule has 0 unspecified atom stereocenters. The predicted octanol–water partition coefficient (Wildman–Crippen LogP) is -0.0252. The van der Waals surface area contributed by atoms with Gasteiger partial charge in [-0.05, 0) is 23.2 Å². The standard InChI is InChI=1S/C11H10BNO4/c13-4-1-5-16-11(14)8-2-3-9-7-17-12(15)10(9)6-8/h2-3,6,15H,1,5,7H2. The van der Waals surface area contributed by atoms with Crippen LogP contribution in [0.3, 0.4) is 0 Å². The highest BCUT2D eigenvalue weighted by Crippen LogP contribution is 2.12. The molecule has 1 aromatic carbocycles. The maximum absolute atomic E-state index is 11.6. The number of nitriles is 1. The van der Waals surface area contributed by atoms with E-state index in [2.05, 4.69) is 0 Å². The Morgan fingerprint density at radius 3 is 3.24 bits per heavy atom. The van der Waals surface area contributed by atoms with Gasteiger partial charge in [0.2, 0.25) is 0 Å². The summed E-state index contributed by atoms with van der Waals surface area (Å²) in [5.41, 5.74) is 1.82. The number of carbonyl (C=O) groups excluding carboxylic acids is 1. The summed E-state index contributed by atoms with van der Waals surface area (Å²) >= 11 is 0. The Balaban J connectivity index is 2.10. The monoisotopic (exact) mass is 231 g/mol. The highest BCUT2D eigenvalue weighted by Gasteiger charge is 2.28. The second-order valence-electron chi connectivity index (χ2n) is 3.62. The molecule has 0 fully saturated rings.